The Balaban J connectivity index is 0.000000260. The average molecular weight is 1390 g/mol. The number of fused-ring (bicyclic) bond motifs is 6. The largest absolute Gasteiger partial charge is 1.00 e. The Morgan fingerprint density at radius 1 is 0.647 bits per heavy atom. The number of unbranched alkanes of at least 4 members (excludes halogenated alkanes) is 1. The summed E-state index contributed by atoms with van der Waals surface area (Å²) >= 11 is 1.09. The van der Waals surface area contributed by atoms with Crippen LogP contribution in [0, 0.1) is 20.8 Å². The molecule has 3 aromatic carbocycles. The quantitative estimate of drug-likeness (QED) is 0.0147. The molecule has 0 aromatic heterocycles. The van der Waals surface area contributed by atoms with E-state index in [-0.39, 0.29) is 37.5 Å². The molecule has 0 fully saturated rings. The molecule has 2 atom stereocenters. The second kappa shape index (κ2) is 36.2. The maximum Gasteiger partial charge on any atom is 0.201 e. The first-order valence-electron chi connectivity index (χ1n) is 29.2. The first-order valence-corrected chi connectivity index (χ1v) is 33.5. The number of likely N-dealkylation sites (N-methyl/N-ethyl adjacent to an activating group) is 2. The molecule has 3 aliphatic carbocycles. The molecule has 14 nitrogen and oxygen atoms in total. The molecular weight excluding hydrogens is 1300 g/mol. The van der Waals surface area contributed by atoms with Crippen LogP contribution in [0.15, 0.2) is 109 Å². The molecule has 0 saturated heterocycles. The van der Waals surface area contributed by atoms with Gasteiger partial charge in [-0.15, -0.1) is 22.7 Å². The number of aryl methyl sites for hydroxylation is 3. The summed E-state index contributed by atoms with van der Waals surface area (Å²) in [5.41, 5.74) is 10.4. The van der Waals surface area contributed by atoms with Crippen molar-refractivity contribution in [2.75, 3.05) is 107 Å². The number of benzene rings is 6. The fraction of sp³-hybridized carbons (Fsp3) is 0.455. The molecule has 9 rings (SSSR count). The van der Waals surface area contributed by atoms with Gasteiger partial charge in [-0.05, 0) is 88.3 Å². The smallest absolute Gasteiger partial charge is 0.201 e. The van der Waals surface area contributed by atoms with Crippen LogP contribution in [0.3, 0.4) is 0 Å². The molecule has 19 heteroatoms. The van der Waals surface area contributed by atoms with Gasteiger partial charge in [-0.3, -0.25) is 0 Å². The Hall–Kier alpha value is -4.32. The van der Waals surface area contributed by atoms with E-state index in [9.17, 15) is 5.11 Å². The van der Waals surface area contributed by atoms with Gasteiger partial charge in [0.05, 0.1) is 87.0 Å². The molecule has 3 aliphatic heterocycles. The Kier molecular flexibility index (Phi) is 31.2. The van der Waals surface area contributed by atoms with E-state index in [1.165, 1.54) is 87.5 Å². The molecule has 0 bridgehead atoms. The first-order chi connectivity index (χ1) is 39.7. The molecule has 85 heavy (non-hydrogen) atoms. The monoisotopic (exact) mass is 1390 g/mol. The second-order valence-corrected chi connectivity index (χ2v) is 27.4. The molecule has 3 aromatic rings. The van der Waals surface area contributed by atoms with Crippen LogP contribution in [0.2, 0.25) is 0 Å². The van der Waals surface area contributed by atoms with Crippen LogP contribution in [0.5, 0.6) is 0 Å². The maximum absolute atomic E-state index is 10.5. The van der Waals surface area contributed by atoms with Gasteiger partial charge < -0.3 is 52.6 Å². The number of nitrogens with zero attached hydrogens (tertiary/aromatic N) is 9. The predicted octanol–water partition coefficient (Wildman–Crippen LogP) is 5.74. The Labute approximate surface area is 540 Å². The van der Waals surface area contributed by atoms with Gasteiger partial charge in [-0.1, -0.05) is 33.4 Å². The van der Waals surface area contributed by atoms with E-state index in [0.717, 1.165) is 95.8 Å². The topological polar surface area (TPSA) is 147 Å². The van der Waals surface area contributed by atoms with E-state index in [2.05, 4.69) is 228 Å². The summed E-state index contributed by atoms with van der Waals surface area (Å²) in [5.74, 6) is 0. The van der Waals surface area contributed by atoms with E-state index in [1.54, 1.807) is 11.3 Å². The van der Waals surface area contributed by atoms with Gasteiger partial charge in [0.15, 0.2) is 6.54 Å². The van der Waals surface area contributed by atoms with E-state index in [4.69, 9.17) is 29.0 Å². The molecule has 2 unspecified atom stereocenters. The molecule has 1 N–H and O–H groups in total. The van der Waals surface area contributed by atoms with Gasteiger partial charge in [0, 0.05) is 30.8 Å². The number of quaternary nitrogens is 1. The van der Waals surface area contributed by atoms with Crippen LogP contribution in [-0.4, -0.2) is 171 Å². The van der Waals surface area contributed by atoms with E-state index in [0.29, 0.717) is 27.6 Å². The van der Waals surface area contributed by atoms with Crippen LogP contribution >= 0.6 is 22.7 Å². The summed E-state index contributed by atoms with van der Waals surface area (Å²) in [6.45, 7) is 28.2. The number of aliphatic hydroxyl groups is 1. The summed E-state index contributed by atoms with van der Waals surface area (Å²) in [5, 5.41) is 22.9. The fourth-order valence-electron chi connectivity index (χ4n) is 9.76. The third kappa shape index (κ3) is 23.0. The SMILES string of the molecule is C.CCCC[N+](CCCN(C)C)=c1ccc2nc3ccc(C)cc3[se]c-2c1.CCN(CC)CC(O)C[N+](CC)=c1ccc2nc3ccc(C)cc3sc-2c1.CC[N+](CCC[N+](C)(C)C)=c1ccc2nc3ccc(C)cc3sc-2c1.O=S([O-])O[O-].[I-]. The predicted molar refractivity (Wildman–Crippen MR) is 354 cm³/mol. The number of hydrogen-bond donors (Lipinski definition) is 1. The number of aromatic nitrogens is 3. The minimum Gasteiger partial charge on any atom is -1.00 e. The van der Waals surface area contributed by atoms with E-state index >= 15 is 0 Å². The third-order valence-electron chi connectivity index (χ3n) is 14.3. The van der Waals surface area contributed by atoms with Crippen molar-refractivity contribution in [3.8, 4) is 31.3 Å². The van der Waals surface area contributed by atoms with Crippen molar-refractivity contribution < 1.29 is 51.9 Å². The third-order valence-corrected chi connectivity index (χ3v) is 18.9. The van der Waals surface area contributed by atoms with Crippen LogP contribution in [0.4, 0.5) is 0 Å². The van der Waals surface area contributed by atoms with Crippen molar-refractivity contribution in [2.45, 2.75) is 94.6 Å². The number of aliphatic hydroxyl groups excluding tert-OH is 1. The fourth-order valence-corrected chi connectivity index (χ4v) is 14.3. The Morgan fingerprint density at radius 3 is 1.61 bits per heavy atom. The van der Waals surface area contributed by atoms with Gasteiger partial charge in [0.25, 0.3) is 0 Å². The minimum atomic E-state index is -2.88. The molecule has 3 heterocycles. The number of halogens is 1. The molecule has 6 aliphatic rings. The zero-order valence-corrected chi connectivity index (χ0v) is 58.0. The number of hydrogen-bond acceptors (Lipinski definition) is 12. The van der Waals surface area contributed by atoms with Crippen molar-refractivity contribution in [3.63, 3.8) is 0 Å². The zero-order valence-electron chi connectivity index (χ0n) is 51.7. The summed E-state index contributed by atoms with van der Waals surface area (Å²) in [6.07, 6.45) is 4.53. The standard InChI is InChI=1S/C22H30N3OS.C22H30N3Se.C21H29N3S.CH4.HI.H2O4S/c1-5-24(6-2)14-18(26)15-25(7-3)17-9-11-20-22(13-17)27-21-12-16(4)8-10-19(21)23-20;1-5-6-13-25(14-7-12-24(3)4)18-9-11-20-22(16-18)26-21-15-17(2)8-10-19(21)23-20;1-6-23(12-7-13-24(3,4)5)17-9-11-19-21(15-17)25-20-14-16(2)8-10-18(20)22-19;;;1-4-5(2)3/h8-13,18,26H,5-7,14-15H2,1-4H3;8-11,15-16H,5-7,12-14H2,1-4H3;8-11,14-15H,6-7,12-13H2,1-5H3;1H4;1H;1H,(H,2,3)/q2*+1;+2;;;/p-3. The molecule has 0 radical (unpaired) electrons. The molecule has 462 valence electrons. The van der Waals surface area contributed by atoms with Gasteiger partial charge in [-0.25, -0.2) is 23.3 Å². The molecular formula is C66H93IN9O5S3Se+. The number of rotatable bonds is 20. The van der Waals surface area contributed by atoms with Crippen LogP contribution < -0.4 is 59.0 Å². The molecule has 0 saturated carbocycles. The minimum absolute atomic E-state index is 0. The van der Waals surface area contributed by atoms with Crippen molar-refractivity contribution in [1.82, 2.24) is 38.5 Å². The van der Waals surface area contributed by atoms with Crippen molar-refractivity contribution >= 4 is 78.7 Å². The average Bonchev–Trinajstić information content (AvgIpc) is 2.03. The Bertz CT molecular complexity index is 3670. The van der Waals surface area contributed by atoms with Crippen LogP contribution in [0.1, 0.15) is 84.4 Å². The van der Waals surface area contributed by atoms with Gasteiger partial charge in [0.1, 0.15) is 25.7 Å². The van der Waals surface area contributed by atoms with Crippen LogP contribution in [-0.2, 0) is 15.7 Å². The summed E-state index contributed by atoms with van der Waals surface area (Å²) in [4.78, 5) is 21.5. The van der Waals surface area contributed by atoms with Gasteiger partial charge >= 0.3 is 163 Å². The molecule has 0 amide bonds. The molecule has 0 spiro atoms. The van der Waals surface area contributed by atoms with Crippen molar-refractivity contribution in [2.24, 2.45) is 0 Å². The Morgan fingerprint density at radius 2 is 1.12 bits per heavy atom. The van der Waals surface area contributed by atoms with Crippen molar-refractivity contribution in [1.29, 1.82) is 0 Å². The zero-order chi connectivity index (χ0) is 60.2. The first kappa shape index (κ1) is 73.2. The van der Waals surface area contributed by atoms with Gasteiger partial charge in [0.2, 0.25) is 10.7 Å². The normalized spacial score (nSPS) is 13.3. The van der Waals surface area contributed by atoms with Gasteiger partial charge in [-0.2, -0.15) is 0 Å². The van der Waals surface area contributed by atoms with Crippen molar-refractivity contribution in [3.05, 3.63) is 142 Å². The summed E-state index contributed by atoms with van der Waals surface area (Å²) in [6, 6.07) is 39.5. The second-order valence-electron chi connectivity index (χ2n) is 22.4. The maximum atomic E-state index is 10.5. The van der Waals surface area contributed by atoms with E-state index in [1.807, 2.05) is 11.3 Å². The summed E-state index contributed by atoms with van der Waals surface area (Å²) in [7, 11) is 11.1. The summed E-state index contributed by atoms with van der Waals surface area (Å²) < 4.78 is 33.7. The van der Waals surface area contributed by atoms with Crippen LogP contribution in [0.25, 0.3) is 61.5 Å². The van der Waals surface area contributed by atoms with E-state index < -0.39 is 11.4 Å².